The van der Waals surface area contributed by atoms with Crippen LogP contribution in [0.5, 0.6) is 0 Å². The van der Waals surface area contributed by atoms with Gasteiger partial charge in [-0.3, -0.25) is 4.79 Å². The summed E-state index contributed by atoms with van der Waals surface area (Å²) in [5.41, 5.74) is 1.68. The van der Waals surface area contributed by atoms with Crippen molar-refractivity contribution in [2.75, 3.05) is 13.1 Å². The number of rotatable bonds is 6. The van der Waals surface area contributed by atoms with Crippen LogP contribution < -0.4 is 10.6 Å². The molecule has 28 heavy (non-hydrogen) atoms. The molecule has 1 aliphatic carbocycles. The number of hydrogen-bond donors (Lipinski definition) is 3. The van der Waals surface area contributed by atoms with E-state index < -0.39 is 12.0 Å². The van der Waals surface area contributed by atoms with Gasteiger partial charge in [0.2, 0.25) is 5.91 Å². The van der Waals surface area contributed by atoms with E-state index in [0.717, 1.165) is 31.2 Å². The topological polar surface area (TPSA) is 98.7 Å². The zero-order valence-corrected chi connectivity index (χ0v) is 16.2. The van der Waals surface area contributed by atoms with Crippen molar-refractivity contribution in [1.29, 1.82) is 0 Å². The summed E-state index contributed by atoms with van der Waals surface area (Å²) in [5.74, 6) is -1.19. The van der Waals surface area contributed by atoms with Gasteiger partial charge in [-0.1, -0.05) is 43.5 Å². The molecule has 0 spiro atoms. The average molecular weight is 387 g/mol. The molecule has 1 aromatic rings. The Morgan fingerprint density at radius 1 is 1.11 bits per heavy atom. The monoisotopic (exact) mass is 387 g/mol. The van der Waals surface area contributed by atoms with E-state index in [1.165, 1.54) is 11.3 Å². The molecule has 0 radical (unpaired) electrons. The van der Waals surface area contributed by atoms with Crippen LogP contribution in [0.3, 0.4) is 0 Å². The minimum atomic E-state index is -1.01. The van der Waals surface area contributed by atoms with Crippen molar-refractivity contribution in [2.45, 2.75) is 63.5 Å². The fourth-order valence-electron chi connectivity index (χ4n) is 4.17. The molecule has 1 aromatic carbocycles. The van der Waals surface area contributed by atoms with E-state index in [1.54, 1.807) is 12.1 Å². The molecule has 1 aliphatic heterocycles. The van der Waals surface area contributed by atoms with E-state index in [0.29, 0.717) is 31.5 Å². The third-order valence-electron chi connectivity index (χ3n) is 5.63. The van der Waals surface area contributed by atoms with Crippen molar-refractivity contribution in [3.8, 4) is 0 Å². The summed E-state index contributed by atoms with van der Waals surface area (Å²) in [7, 11) is 0. The van der Waals surface area contributed by atoms with Gasteiger partial charge in [-0.25, -0.2) is 9.59 Å². The van der Waals surface area contributed by atoms with Gasteiger partial charge in [-0.15, -0.1) is 0 Å². The van der Waals surface area contributed by atoms with Crippen LogP contribution in [0.15, 0.2) is 24.3 Å². The zero-order chi connectivity index (χ0) is 19.9. The molecule has 1 atom stereocenters. The molecule has 1 saturated carbocycles. The largest absolute Gasteiger partial charge is 0.479 e. The summed E-state index contributed by atoms with van der Waals surface area (Å²) >= 11 is 0. The number of carbonyl (C=O) groups is 3. The molecule has 1 fully saturated rings. The first-order chi connectivity index (χ1) is 13.6. The van der Waals surface area contributed by atoms with Crippen LogP contribution in [-0.2, 0) is 16.0 Å². The maximum absolute atomic E-state index is 12.6. The molecule has 0 bridgehead atoms. The number of nitrogens with zero attached hydrogens (tertiary/aromatic N) is 1. The highest BCUT2D eigenvalue weighted by Gasteiger charge is 2.35. The minimum Gasteiger partial charge on any atom is -0.479 e. The van der Waals surface area contributed by atoms with Crippen molar-refractivity contribution in [2.24, 2.45) is 0 Å². The summed E-state index contributed by atoms with van der Waals surface area (Å²) in [6.07, 6.45) is 6.97. The van der Waals surface area contributed by atoms with E-state index in [4.69, 9.17) is 0 Å². The Labute approximate surface area is 165 Å². The summed E-state index contributed by atoms with van der Waals surface area (Å²) in [6, 6.07) is 6.53. The lowest BCUT2D eigenvalue weighted by atomic mass is 9.92. The second kappa shape index (κ2) is 9.57. The molecule has 1 heterocycles. The van der Waals surface area contributed by atoms with Crippen LogP contribution in [0.25, 0.3) is 0 Å². The van der Waals surface area contributed by atoms with Gasteiger partial charge in [0, 0.05) is 25.6 Å². The van der Waals surface area contributed by atoms with Gasteiger partial charge in [-0.05, 0) is 36.8 Å². The standard InChI is InChI=1S/C21H29N3O4/c25-18(11-6-13-22-21(28)23-16-8-2-1-3-9-16)24-14-12-15-7-4-5-10-17(15)19(24)20(26)27/h4-5,7,10,16,19H,1-3,6,8-9,11-14H2,(H,26,27)(H2,22,23,28). The Morgan fingerprint density at radius 2 is 1.86 bits per heavy atom. The number of carboxylic acids is 1. The lowest BCUT2D eigenvalue weighted by Gasteiger charge is -2.34. The number of amides is 3. The molecule has 3 N–H and O–H groups in total. The average Bonchev–Trinajstić information content (AvgIpc) is 2.70. The molecule has 3 rings (SSSR count). The highest BCUT2D eigenvalue weighted by atomic mass is 16.4. The first kappa shape index (κ1) is 20.2. The molecular weight excluding hydrogens is 358 g/mol. The Bertz CT molecular complexity index is 715. The highest BCUT2D eigenvalue weighted by molar-refractivity contribution is 5.85. The maximum atomic E-state index is 12.6. The van der Waals surface area contributed by atoms with Crippen molar-refractivity contribution in [3.63, 3.8) is 0 Å². The molecule has 152 valence electrons. The lowest BCUT2D eigenvalue weighted by molar-refractivity contribution is -0.151. The van der Waals surface area contributed by atoms with Crippen molar-refractivity contribution in [1.82, 2.24) is 15.5 Å². The van der Waals surface area contributed by atoms with Crippen molar-refractivity contribution < 1.29 is 19.5 Å². The number of carboxylic acid groups (broad SMARTS) is 1. The normalized spacial score (nSPS) is 19.6. The Kier molecular flexibility index (Phi) is 6.90. The van der Waals surface area contributed by atoms with Gasteiger partial charge in [0.15, 0.2) is 6.04 Å². The fourth-order valence-corrected chi connectivity index (χ4v) is 4.17. The molecule has 2 aliphatic rings. The van der Waals surface area contributed by atoms with E-state index in [1.807, 2.05) is 12.1 Å². The summed E-state index contributed by atoms with van der Waals surface area (Å²) in [6.45, 7) is 0.800. The molecule has 7 nitrogen and oxygen atoms in total. The molecule has 1 unspecified atom stereocenters. The third kappa shape index (κ3) is 5.03. The Morgan fingerprint density at radius 3 is 2.61 bits per heavy atom. The molecule has 7 heteroatoms. The van der Waals surface area contributed by atoms with Crippen molar-refractivity contribution >= 4 is 17.9 Å². The Hall–Kier alpha value is -2.57. The number of hydrogen-bond acceptors (Lipinski definition) is 3. The quantitative estimate of drug-likeness (QED) is 0.654. The number of nitrogens with one attached hydrogen (secondary N) is 2. The summed E-state index contributed by atoms with van der Waals surface area (Å²) in [5, 5.41) is 15.4. The fraction of sp³-hybridized carbons (Fsp3) is 0.571. The van der Waals surface area contributed by atoms with Crippen LogP contribution in [0, 0.1) is 0 Å². The van der Waals surface area contributed by atoms with Crippen LogP contribution in [0.4, 0.5) is 4.79 Å². The zero-order valence-electron chi connectivity index (χ0n) is 16.2. The van der Waals surface area contributed by atoms with Crippen LogP contribution >= 0.6 is 0 Å². The van der Waals surface area contributed by atoms with Gasteiger partial charge < -0.3 is 20.6 Å². The van der Waals surface area contributed by atoms with Gasteiger partial charge in [0.25, 0.3) is 0 Å². The SMILES string of the molecule is O=C(NCCCC(=O)N1CCc2ccccc2C1C(=O)O)NC1CCCCC1. The molecule has 0 saturated heterocycles. The molecular formula is C21H29N3O4. The Balaban J connectivity index is 1.45. The van der Waals surface area contributed by atoms with E-state index in [-0.39, 0.29) is 24.4 Å². The second-order valence-electron chi connectivity index (χ2n) is 7.62. The molecule has 0 aromatic heterocycles. The van der Waals surface area contributed by atoms with Gasteiger partial charge >= 0.3 is 12.0 Å². The number of urea groups is 1. The molecule has 3 amide bonds. The minimum absolute atomic E-state index is 0.184. The van der Waals surface area contributed by atoms with Crippen LogP contribution in [0.1, 0.15) is 62.1 Å². The van der Waals surface area contributed by atoms with Gasteiger partial charge in [-0.2, -0.15) is 0 Å². The van der Waals surface area contributed by atoms with E-state index >= 15 is 0 Å². The highest BCUT2D eigenvalue weighted by Crippen LogP contribution is 2.30. The van der Waals surface area contributed by atoms with Gasteiger partial charge in [0.1, 0.15) is 0 Å². The van der Waals surface area contributed by atoms with Crippen LogP contribution in [0.2, 0.25) is 0 Å². The van der Waals surface area contributed by atoms with Crippen molar-refractivity contribution in [3.05, 3.63) is 35.4 Å². The maximum Gasteiger partial charge on any atom is 0.331 e. The van der Waals surface area contributed by atoms with Crippen LogP contribution in [-0.4, -0.2) is 47.0 Å². The second-order valence-corrected chi connectivity index (χ2v) is 7.62. The third-order valence-corrected chi connectivity index (χ3v) is 5.63. The lowest BCUT2D eigenvalue weighted by Crippen LogP contribution is -2.44. The first-order valence-corrected chi connectivity index (χ1v) is 10.2. The number of fused-ring (bicyclic) bond motifs is 1. The summed E-state index contributed by atoms with van der Waals surface area (Å²) in [4.78, 5) is 37.8. The number of benzene rings is 1. The van der Waals surface area contributed by atoms with E-state index in [9.17, 15) is 19.5 Å². The first-order valence-electron chi connectivity index (χ1n) is 10.2. The van der Waals surface area contributed by atoms with E-state index in [2.05, 4.69) is 10.6 Å². The number of aliphatic carboxylic acids is 1. The summed E-state index contributed by atoms with van der Waals surface area (Å²) < 4.78 is 0. The predicted octanol–water partition coefficient (Wildman–Crippen LogP) is 2.61. The number of carbonyl (C=O) groups excluding carboxylic acids is 2. The van der Waals surface area contributed by atoms with Gasteiger partial charge in [0.05, 0.1) is 0 Å². The smallest absolute Gasteiger partial charge is 0.331 e. The predicted molar refractivity (Wildman–Crippen MR) is 105 cm³/mol.